The maximum Gasteiger partial charge on any atom is 0.227 e. The summed E-state index contributed by atoms with van der Waals surface area (Å²) in [5.74, 6) is 1.25. The number of hydrogen-bond acceptors (Lipinski definition) is 2. The standard InChI is InChI=1S/C18H30N2O2/c21-17(13-15-7-2-1-3-8-15)20-12-6-9-16(14-20)18(22)19-10-4-5-11-19/h15-16H,1-14H2. The molecule has 0 aromatic rings. The quantitative estimate of drug-likeness (QED) is 0.804. The lowest BCUT2D eigenvalue weighted by Crippen LogP contribution is -2.46. The molecule has 0 bridgehead atoms. The van der Waals surface area contributed by atoms with E-state index in [4.69, 9.17) is 0 Å². The van der Waals surface area contributed by atoms with E-state index < -0.39 is 0 Å². The molecule has 2 heterocycles. The molecule has 0 radical (unpaired) electrons. The zero-order chi connectivity index (χ0) is 15.4. The van der Waals surface area contributed by atoms with Gasteiger partial charge in [-0.2, -0.15) is 0 Å². The lowest BCUT2D eigenvalue weighted by atomic mass is 9.86. The zero-order valence-electron chi connectivity index (χ0n) is 13.8. The number of nitrogens with zero attached hydrogens (tertiary/aromatic N) is 2. The fraction of sp³-hybridized carbons (Fsp3) is 0.889. The molecule has 2 aliphatic heterocycles. The highest BCUT2D eigenvalue weighted by atomic mass is 16.2. The van der Waals surface area contributed by atoms with E-state index in [9.17, 15) is 9.59 Å². The van der Waals surface area contributed by atoms with E-state index in [1.165, 1.54) is 32.1 Å². The third-order valence-corrected chi connectivity index (χ3v) is 5.73. The Bertz CT molecular complexity index is 398. The third-order valence-electron chi connectivity index (χ3n) is 5.73. The van der Waals surface area contributed by atoms with Gasteiger partial charge in [0.1, 0.15) is 0 Å². The average molecular weight is 306 g/mol. The van der Waals surface area contributed by atoms with Gasteiger partial charge in [-0.05, 0) is 44.4 Å². The summed E-state index contributed by atoms with van der Waals surface area (Å²) in [6.45, 7) is 3.37. The van der Waals surface area contributed by atoms with Gasteiger partial charge in [0.2, 0.25) is 11.8 Å². The van der Waals surface area contributed by atoms with Crippen LogP contribution in [0.5, 0.6) is 0 Å². The number of piperidine rings is 1. The van der Waals surface area contributed by atoms with Crippen molar-refractivity contribution in [2.45, 2.75) is 64.2 Å². The molecule has 0 spiro atoms. The van der Waals surface area contributed by atoms with Gasteiger partial charge in [0.05, 0.1) is 5.92 Å². The molecule has 0 aromatic heterocycles. The van der Waals surface area contributed by atoms with E-state index in [1.54, 1.807) is 0 Å². The average Bonchev–Trinajstić information content (AvgIpc) is 3.09. The summed E-state index contributed by atoms with van der Waals surface area (Å²) in [5.41, 5.74) is 0. The molecule has 1 aliphatic carbocycles. The van der Waals surface area contributed by atoms with Gasteiger partial charge in [-0.3, -0.25) is 9.59 Å². The molecule has 1 unspecified atom stereocenters. The van der Waals surface area contributed by atoms with Crippen molar-refractivity contribution in [3.05, 3.63) is 0 Å². The molecule has 3 aliphatic rings. The summed E-state index contributed by atoms with van der Waals surface area (Å²) in [6.07, 6.45) is 11.3. The Morgan fingerprint density at radius 2 is 1.45 bits per heavy atom. The molecule has 3 rings (SSSR count). The monoisotopic (exact) mass is 306 g/mol. The molecule has 1 saturated carbocycles. The number of hydrogen-bond donors (Lipinski definition) is 0. The number of carbonyl (C=O) groups excluding carboxylic acids is 2. The minimum absolute atomic E-state index is 0.0576. The van der Waals surface area contributed by atoms with Gasteiger partial charge in [-0.25, -0.2) is 0 Å². The minimum atomic E-state index is 0.0576. The Morgan fingerprint density at radius 1 is 0.773 bits per heavy atom. The van der Waals surface area contributed by atoms with Crippen LogP contribution in [-0.4, -0.2) is 47.8 Å². The van der Waals surface area contributed by atoms with Crippen LogP contribution in [0.2, 0.25) is 0 Å². The molecule has 4 heteroatoms. The van der Waals surface area contributed by atoms with Crippen molar-refractivity contribution in [2.24, 2.45) is 11.8 Å². The molecule has 0 aromatic carbocycles. The van der Waals surface area contributed by atoms with Crippen LogP contribution in [0.3, 0.4) is 0 Å². The van der Waals surface area contributed by atoms with Crippen molar-refractivity contribution in [3.63, 3.8) is 0 Å². The Kier molecular flexibility index (Phi) is 5.37. The Labute approximate surface area is 134 Å². The largest absolute Gasteiger partial charge is 0.342 e. The fourth-order valence-electron chi connectivity index (χ4n) is 4.37. The summed E-state index contributed by atoms with van der Waals surface area (Å²) in [4.78, 5) is 29.1. The molecule has 22 heavy (non-hydrogen) atoms. The Balaban J connectivity index is 1.50. The van der Waals surface area contributed by atoms with E-state index >= 15 is 0 Å². The van der Waals surface area contributed by atoms with Crippen LogP contribution in [0, 0.1) is 11.8 Å². The minimum Gasteiger partial charge on any atom is -0.342 e. The first-order valence-corrected chi connectivity index (χ1v) is 9.30. The number of carbonyl (C=O) groups is 2. The topological polar surface area (TPSA) is 40.6 Å². The first kappa shape index (κ1) is 15.8. The van der Waals surface area contributed by atoms with Crippen LogP contribution in [-0.2, 0) is 9.59 Å². The number of amides is 2. The summed E-state index contributed by atoms with van der Waals surface area (Å²) in [7, 11) is 0. The summed E-state index contributed by atoms with van der Waals surface area (Å²) in [6, 6.07) is 0. The van der Waals surface area contributed by atoms with Crippen molar-refractivity contribution >= 4 is 11.8 Å². The second-order valence-corrected chi connectivity index (χ2v) is 7.42. The van der Waals surface area contributed by atoms with Gasteiger partial charge >= 0.3 is 0 Å². The van der Waals surface area contributed by atoms with E-state index in [-0.39, 0.29) is 5.92 Å². The third kappa shape index (κ3) is 3.82. The molecule has 1 atom stereocenters. The van der Waals surface area contributed by atoms with Crippen LogP contribution in [0.15, 0.2) is 0 Å². The fourth-order valence-corrected chi connectivity index (χ4v) is 4.37. The van der Waals surface area contributed by atoms with Gasteiger partial charge < -0.3 is 9.80 Å². The van der Waals surface area contributed by atoms with Crippen molar-refractivity contribution in [3.8, 4) is 0 Å². The van der Waals surface area contributed by atoms with Gasteiger partial charge in [0.25, 0.3) is 0 Å². The second kappa shape index (κ2) is 7.47. The van der Waals surface area contributed by atoms with Crippen molar-refractivity contribution < 1.29 is 9.59 Å². The molecule has 124 valence electrons. The van der Waals surface area contributed by atoms with Crippen LogP contribution in [0.4, 0.5) is 0 Å². The Hall–Kier alpha value is -1.06. The highest BCUT2D eigenvalue weighted by Gasteiger charge is 2.32. The van der Waals surface area contributed by atoms with Crippen LogP contribution >= 0.6 is 0 Å². The predicted octanol–water partition coefficient (Wildman–Crippen LogP) is 2.82. The van der Waals surface area contributed by atoms with E-state index in [1.807, 2.05) is 9.80 Å². The van der Waals surface area contributed by atoms with Crippen molar-refractivity contribution in [1.82, 2.24) is 9.80 Å². The van der Waals surface area contributed by atoms with Crippen LogP contribution in [0.25, 0.3) is 0 Å². The molecule has 3 fully saturated rings. The number of likely N-dealkylation sites (tertiary alicyclic amines) is 2. The zero-order valence-corrected chi connectivity index (χ0v) is 13.8. The smallest absolute Gasteiger partial charge is 0.227 e. The molecular formula is C18H30N2O2. The Morgan fingerprint density at radius 3 is 2.18 bits per heavy atom. The molecule has 2 amide bonds. The van der Waals surface area contributed by atoms with E-state index in [0.717, 1.165) is 45.3 Å². The molecule has 2 saturated heterocycles. The summed E-state index contributed by atoms with van der Waals surface area (Å²) in [5, 5.41) is 0. The summed E-state index contributed by atoms with van der Waals surface area (Å²) >= 11 is 0. The summed E-state index contributed by atoms with van der Waals surface area (Å²) < 4.78 is 0. The van der Waals surface area contributed by atoms with Gasteiger partial charge in [-0.15, -0.1) is 0 Å². The van der Waals surface area contributed by atoms with Gasteiger partial charge in [-0.1, -0.05) is 19.3 Å². The highest BCUT2D eigenvalue weighted by Crippen LogP contribution is 2.28. The predicted molar refractivity (Wildman–Crippen MR) is 86.3 cm³/mol. The lowest BCUT2D eigenvalue weighted by Gasteiger charge is -2.35. The normalized spacial score (nSPS) is 27.2. The molecular weight excluding hydrogens is 276 g/mol. The van der Waals surface area contributed by atoms with E-state index in [2.05, 4.69) is 0 Å². The first-order chi connectivity index (χ1) is 10.7. The highest BCUT2D eigenvalue weighted by molar-refractivity contribution is 5.81. The van der Waals surface area contributed by atoms with Gasteiger partial charge in [0, 0.05) is 32.6 Å². The molecule has 4 nitrogen and oxygen atoms in total. The maximum atomic E-state index is 12.6. The van der Waals surface area contributed by atoms with Gasteiger partial charge in [0.15, 0.2) is 0 Å². The van der Waals surface area contributed by atoms with Crippen LogP contribution < -0.4 is 0 Å². The number of rotatable bonds is 3. The van der Waals surface area contributed by atoms with E-state index in [0.29, 0.717) is 30.7 Å². The van der Waals surface area contributed by atoms with Crippen LogP contribution in [0.1, 0.15) is 64.2 Å². The maximum absolute atomic E-state index is 12.6. The first-order valence-electron chi connectivity index (χ1n) is 9.30. The SMILES string of the molecule is O=C(CC1CCCCC1)N1CCCC(C(=O)N2CCCC2)C1. The van der Waals surface area contributed by atoms with Crippen molar-refractivity contribution in [1.29, 1.82) is 0 Å². The second-order valence-electron chi connectivity index (χ2n) is 7.42. The lowest BCUT2D eigenvalue weighted by molar-refractivity contribution is -0.140. The van der Waals surface area contributed by atoms with Crippen molar-refractivity contribution in [2.75, 3.05) is 26.2 Å². The molecule has 0 N–H and O–H groups in total.